The minimum Gasteiger partial charge on any atom is -0.496 e. The summed E-state index contributed by atoms with van der Waals surface area (Å²) < 4.78 is 18.5. The molecule has 2 rings (SSSR count). The van der Waals surface area contributed by atoms with Gasteiger partial charge in [-0.25, -0.2) is 4.39 Å². The third-order valence-electron chi connectivity index (χ3n) is 2.91. The predicted molar refractivity (Wildman–Crippen MR) is 70.7 cm³/mol. The maximum Gasteiger partial charge on any atom is 0.125 e. The van der Waals surface area contributed by atoms with Gasteiger partial charge in [-0.1, -0.05) is 0 Å². The Kier molecular flexibility index (Phi) is 3.81. The fourth-order valence-electron chi connectivity index (χ4n) is 2.12. The van der Waals surface area contributed by atoms with E-state index in [4.69, 9.17) is 4.74 Å². The van der Waals surface area contributed by atoms with E-state index in [-0.39, 0.29) is 0 Å². The molecule has 0 aliphatic heterocycles. The number of rotatable bonds is 3. The number of halogens is 1. The second kappa shape index (κ2) is 5.36. The van der Waals surface area contributed by atoms with Crippen molar-refractivity contribution in [2.75, 3.05) is 7.11 Å². The highest BCUT2D eigenvalue weighted by atomic mass is 19.1. The lowest BCUT2D eigenvalue weighted by Gasteiger charge is -2.16. The number of ether oxygens (including phenoxy) is 1. The van der Waals surface area contributed by atoms with Gasteiger partial charge in [0.2, 0.25) is 0 Å². The van der Waals surface area contributed by atoms with Crippen LogP contribution in [0.3, 0.4) is 0 Å². The molecular formula is C15H16FNO2. The Bertz CT molecular complexity index is 578. The van der Waals surface area contributed by atoms with E-state index in [2.05, 4.69) is 4.98 Å². The second-order valence-corrected chi connectivity index (χ2v) is 4.47. The van der Waals surface area contributed by atoms with Crippen molar-refractivity contribution >= 4 is 0 Å². The number of hydrogen-bond acceptors (Lipinski definition) is 3. The first kappa shape index (κ1) is 13.5. The fraction of sp³-hybridized carbons (Fsp3) is 0.267. The summed E-state index contributed by atoms with van der Waals surface area (Å²) in [5.74, 6) is 0.0540. The van der Waals surface area contributed by atoms with Crippen LogP contribution in [0, 0.1) is 19.7 Å². The number of aliphatic hydroxyl groups excluding tert-OH is 1. The molecule has 1 N–H and O–H groups in total. The van der Waals surface area contributed by atoms with E-state index < -0.39 is 11.9 Å². The quantitative estimate of drug-likeness (QED) is 0.923. The molecule has 4 heteroatoms. The molecule has 1 aromatic carbocycles. The van der Waals surface area contributed by atoms with Crippen molar-refractivity contribution in [3.05, 3.63) is 58.7 Å². The summed E-state index contributed by atoms with van der Waals surface area (Å²) >= 11 is 0. The Morgan fingerprint density at radius 3 is 2.37 bits per heavy atom. The summed E-state index contributed by atoms with van der Waals surface area (Å²) in [6.07, 6.45) is -0.939. The molecule has 2 aromatic rings. The van der Waals surface area contributed by atoms with Gasteiger partial charge in [0.25, 0.3) is 0 Å². The average molecular weight is 261 g/mol. The summed E-state index contributed by atoms with van der Waals surface area (Å²) in [7, 11) is 1.49. The molecule has 0 aliphatic carbocycles. The minimum absolute atomic E-state index is 0.405. The summed E-state index contributed by atoms with van der Waals surface area (Å²) in [5.41, 5.74) is 2.70. The first-order valence-corrected chi connectivity index (χ1v) is 5.98. The third-order valence-corrected chi connectivity index (χ3v) is 2.91. The topological polar surface area (TPSA) is 42.4 Å². The SMILES string of the molecule is COc1ccc(F)cc1C(O)c1cc(C)nc(C)c1. The molecular weight excluding hydrogens is 245 g/mol. The van der Waals surface area contributed by atoms with Crippen LogP contribution in [0.4, 0.5) is 4.39 Å². The zero-order valence-electron chi connectivity index (χ0n) is 11.1. The van der Waals surface area contributed by atoms with Crippen LogP contribution in [-0.2, 0) is 0 Å². The van der Waals surface area contributed by atoms with Crippen LogP contribution < -0.4 is 4.74 Å². The van der Waals surface area contributed by atoms with E-state index in [9.17, 15) is 9.50 Å². The van der Waals surface area contributed by atoms with E-state index in [0.717, 1.165) is 11.4 Å². The molecule has 0 radical (unpaired) electrons. The number of pyridine rings is 1. The summed E-state index contributed by atoms with van der Waals surface area (Å²) in [6.45, 7) is 3.71. The van der Waals surface area contributed by atoms with Crippen molar-refractivity contribution in [1.82, 2.24) is 4.98 Å². The van der Waals surface area contributed by atoms with E-state index in [0.29, 0.717) is 16.9 Å². The molecule has 100 valence electrons. The van der Waals surface area contributed by atoms with Crippen LogP contribution in [0.15, 0.2) is 30.3 Å². The number of aliphatic hydroxyl groups is 1. The second-order valence-electron chi connectivity index (χ2n) is 4.47. The number of methoxy groups -OCH3 is 1. The predicted octanol–water partition coefficient (Wildman–Crippen LogP) is 2.93. The van der Waals surface area contributed by atoms with Crippen LogP contribution in [0.25, 0.3) is 0 Å². The Hall–Kier alpha value is -1.94. The molecule has 1 atom stereocenters. The highest BCUT2D eigenvalue weighted by Gasteiger charge is 2.17. The Morgan fingerprint density at radius 2 is 1.79 bits per heavy atom. The van der Waals surface area contributed by atoms with Gasteiger partial charge < -0.3 is 9.84 Å². The van der Waals surface area contributed by atoms with Gasteiger partial charge in [0.1, 0.15) is 17.7 Å². The maximum atomic E-state index is 13.3. The normalized spacial score (nSPS) is 12.3. The molecule has 0 spiro atoms. The third kappa shape index (κ3) is 2.90. The lowest BCUT2D eigenvalue weighted by atomic mass is 10.00. The van der Waals surface area contributed by atoms with Gasteiger partial charge in [0.05, 0.1) is 7.11 Å². The van der Waals surface area contributed by atoms with Crippen molar-refractivity contribution in [2.24, 2.45) is 0 Å². The van der Waals surface area contributed by atoms with Crippen LogP contribution >= 0.6 is 0 Å². The van der Waals surface area contributed by atoms with Gasteiger partial charge >= 0.3 is 0 Å². The lowest BCUT2D eigenvalue weighted by Crippen LogP contribution is -2.04. The average Bonchev–Trinajstić information content (AvgIpc) is 2.36. The van der Waals surface area contributed by atoms with E-state index in [1.807, 2.05) is 13.8 Å². The minimum atomic E-state index is -0.939. The lowest BCUT2D eigenvalue weighted by molar-refractivity contribution is 0.214. The van der Waals surface area contributed by atoms with Crippen molar-refractivity contribution in [1.29, 1.82) is 0 Å². The molecule has 0 amide bonds. The van der Waals surface area contributed by atoms with Gasteiger partial charge in [0, 0.05) is 17.0 Å². The highest BCUT2D eigenvalue weighted by Crippen LogP contribution is 2.31. The Morgan fingerprint density at radius 1 is 1.16 bits per heavy atom. The molecule has 3 nitrogen and oxygen atoms in total. The standard InChI is InChI=1S/C15H16FNO2/c1-9-6-11(7-10(2)17-9)15(18)13-8-12(16)4-5-14(13)19-3/h4-8,15,18H,1-3H3. The van der Waals surface area contributed by atoms with Gasteiger partial charge in [-0.15, -0.1) is 0 Å². The molecule has 0 aliphatic rings. The molecule has 1 aromatic heterocycles. The monoisotopic (exact) mass is 261 g/mol. The van der Waals surface area contributed by atoms with Crippen LogP contribution in [-0.4, -0.2) is 17.2 Å². The molecule has 0 saturated carbocycles. The smallest absolute Gasteiger partial charge is 0.125 e. The maximum absolute atomic E-state index is 13.3. The molecule has 1 unspecified atom stereocenters. The van der Waals surface area contributed by atoms with E-state index in [1.165, 1.54) is 25.3 Å². The Balaban J connectivity index is 2.48. The molecule has 0 saturated heterocycles. The highest BCUT2D eigenvalue weighted by molar-refractivity contribution is 5.41. The number of aryl methyl sites for hydroxylation is 2. The molecule has 0 fully saturated rings. The fourth-order valence-corrected chi connectivity index (χ4v) is 2.12. The van der Waals surface area contributed by atoms with Crippen molar-refractivity contribution in [3.63, 3.8) is 0 Å². The summed E-state index contributed by atoms with van der Waals surface area (Å²) in [5, 5.41) is 10.4. The van der Waals surface area contributed by atoms with Crippen LogP contribution in [0.1, 0.15) is 28.6 Å². The van der Waals surface area contributed by atoms with Gasteiger partial charge in [-0.05, 0) is 49.7 Å². The Labute approximate surface area is 111 Å². The number of hydrogen-bond donors (Lipinski definition) is 1. The zero-order valence-corrected chi connectivity index (χ0v) is 11.1. The van der Waals surface area contributed by atoms with E-state index >= 15 is 0 Å². The van der Waals surface area contributed by atoms with Crippen molar-refractivity contribution in [2.45, 2.75) is 20.0 Å². The van der Waals surface area contributed by atoms with Crippen LogP contribution in [0.2, 0.25) is 0 Å². The van der Waals surface area contributed by atoms with Crippen LogP contribution in [0.5, 0.6) is 5.75 Å². The van der Waals surface area contributed by atoms with Gasteiger partial charge in [-0.3, -0.25) is 4.98 Å². The summed E-state index contributed by atoms with van der Waals surface area (Å²) in [6, 6.07) is 7.66. The molecule has 0 bridgehead atoms. The van der Waals surface area contributed by atoms with Gasteiger partial charge in [-0.2, -0.15) is 0 Å². The van der Waals surface area contributed by atoms with Crippen molar-refractivity contribution in [3.8, 4) is 5.75 Å². The summed E-state index contributed by atoms with van der Waals surface area (Å²) in [4.78, 5) is 4.25. The largest absolute Gasteiger partial charge is 0.496 e. The van der Waals surface area contributed by atoms with E-state index in [1.54, 1.807) is 12.1 Å². The van der Waals surface area contributed by atoms with Gasteiger partial charge in [0.15, 0.2) is 0 Å². The zero-order chi connectivity index (χ0) is 14.0. The first-order chi connectivity index (χ1) is 9.01. The molecule has 1 heterocycles. The number of nitrogens with zero attached hydrogens (tertiary/aromatic N) is 1. The number of aromatic nitrogens is 1. The number of benzene rings is 1. The first-order valence-electron chi connectivity index (χ1n) is 5.98. The molecule has 19 heavy (non-hydrogen) atoms. The van der Waals surface area contributed by atoms with Crippen molar-refractivity contribution < 1.29 is 14.2 Å².